The van der Waals surface area contributed by atoms with Gasteiger partial charge in [-0.2, -0.15) is 5.10 Å². The van der Waals surface area contributed by atoms with Gasteiger partial charge in [-0.15, -0.1) is 0 Å². The lowest BCUT2D eigenvalue weighted by atomic mass is 9.76. The van der Waals surface area contributed by atoms with Crippen LogP contribution in [0.25, 0.3) is 0 Å². The molecule has 1 aromatic heterocycles. The quantitative estimate of drug-likeness (QED) is 0.746. The lowest BCUT2D eigenvalue weighted by Gasteiger charge is -2.32. The summed E-state index contributed by atoms with van der Waals surface area (Å²) in [6.07, 6.45) is 1.67. The van der Waals surface area contributed by atoms with E-state index in [0.29, 0.717) is 24.2 Å². The summed E-state index contributed by atoms with van der Waals surface area (Å²) in [6.45, 7) is 12.5. The molecule has 0 saturated carbocycles. The number of nitrogens with zero attached hydrogens (tertiary/aromatic N) is 3. The number of aryl methyl sites for hydroxylation is 2. The van der Waals surface area contributed by atoms with E-state index in [9.17, 15) is 4.79 Å². The van der Waals surface area contributed by atoms with Crippen LogP contribution in [0.2, 0.25) is 0 Å². The molecule has 0 atom stereocenters. The van der Waals surface area contributed by atoms with Crippen LogP contribution in [0.5, 0.6) is 0 Å². The van der Waals surface area contributed by atoms with Gasteiger partial charge in [0.05, 0.1) is 29.6 Å². The van der Waals surface area contributed by atoms with Gasteiger partial charge in [0.2, 0.25) is 0 Å². The van der Waals surface area contributed by atoms with E-state index in [-0.39, 0.29) is 11.6 Å². The maximum Gasteiger partial charge on any atom is 0.495 e. The number of hydrogen-bond acceptors (Lipinski definition) is 4. The first-order valence-electron chi connectivity index (χ1n) is 9.52. The van der Waals surface area contributed by atoms with E-state index in [1.165, 1.54) is 11.0 Å². The Labute approximate surface area is 164 Å². The molecule has 4 rings (SSSR count). The number of anilines is 1. The molecule has 1 fully saturated rings. The zero-order valence-corrected chi connectivity index (χ0v) is 17.2. The van der Waals surface area contributed by atoms with Gasteiger partial charge in [0, 0.05) is 12.1 Å². The van der Waals surface area contributed by atoms with E-state index in [2.05, 4.69) is 5.10 Å². The van der Waals surface area contributed by atoms with Crippen LogP contribution in [0.4, 0.5) is 10.1 Å². The highest BCUT2D eigenvalue weighted by molar-refractivity contribution is 6.62. The minimum Gasteiger partial charge on any atom is -0.399 e. The average molecular weight is 385 g/mol. The smallest absolute Gasteiger partial charge is 0.399 e. The molecule has 1 aromatic carbocycles. The molecule has 3 heterocycles. The highest BCUT2D eigenvalue weighted by Gasteiger charge is 2.52. The van der Waals surface area contributed by atoms with Gasteiger partial charge in [-0.3, -0.25) is 9.48 Å². The van der Waals surface area contributed by atoms with Crippen LogP contribution in [-0.2, 0) is 15.9 Å². The van der Waals surface area contributed by atoms with Gasteiger partial charge in [0.1, 0.15) is 11.5 Å². The summed E-state index contributed by atoms with van der Waals surface area (Å²) in [4.78, 5) is 14.4. The topological polar surface area (TPSA) is 56.6 Å². The molecule has 0 unspecified atom stereocenters. The third-order valence-electron chi connectivity index (χ3n) is 6.14. The molecule has 2 aromatic rings. The molecule has 0 spiro atoms. The summed E-state index contributed by atoms with van der Waals surface area (Å²) in [5, 5.41) is 4.21. The molecule has 8 heteroatoms. The fourth-order valence-corrected chi connectivity index (χ4v) is 3.69. The zero-order chi connectivity index (χ0) is 20.4. The van der Waals surface area contributed by atoms with E-state index >= 15 is 4.39 Å². The van der Waals surface area contributed by atoms with Gasteiger partial charge in [0.25, 0.3) is 5.91 Å². The molecule has 28 heavy (non-hydrogen) atoms. The van der Waals surface area contributed by atoms with E-state index < -0.39 is 24.1 Å². The van der Waals surface area contributed by atoms with E-state index in [4.69, 9.17) is 9.31 Å². The summed E-state index contributed by atoms with van der Waals surface area (Å²) in [6, 6.07) is 3.13. The van der Waals surface area contributed by atoms with Gasteiger partial charge in [-0.1, -0.05) is 0 Å². The first-order valence-corrected chi connectivity index (χ1v) is 9.52. The highest BCUT2D eigenvalue weighted by atomic mass is 19.1. The van der Waals surface area contributed by atoms with Gasteiger partial charge >= 0.3 is 7.12 Å². The van der Waals surface area contributed by atoms with Crippen molar-refractivity contribution in [3.05, 3.63) is 41.0 Å². The fourth-order valence-electron chi connectivity index (χ4n) is 3.69. The maximum atomic E-state index is 15.1. The molecule has 0 bridgehead atoms. The van der Waals surface area contributed by atoms with E-state index in [1.54, 1.807) is 16.9 Å². The van der Waals surface area contributed by atoms with Crippen LogP contribution in [-0.4, -0.2) is 40.6 Å². The largest absolute Gasteiger partial charge is 0.495 e. The Balaban J connectivity index is 1.68. The van der Waals surface area contributed by atoms with Crippen molar-refractivity contribution >= 4 is 24.2 Å². The second kappa shape index (κ2) is 6.16. The van der Waals surface area contributed by atoms with Gasteiger partial charge in [-0.25, -0.2) is 4.39 Å². The zero-order valence-electron chi connectivity index (χ0n) is 17.2. The molecule has 0 radical (unpaired) electrons. The van der Waals surface area contributed by atoms with Crippen molar-refractivity contribution in [1.82, 2.24) is 9.78 Å². The number of carbonyl (C=O) groups excluding carboxylic acids is 1. The number of aromatic nitrogens is 2. The number of benzene rings is 1. The molecule has 1 saturated heterocycles. The van der Waals surface area contributed by atoms with Crippen LogP contribution >= 0.6 is 0 Å². The van der Waals surface area contributed by atoms with Crippen molar-refractivity contribution in [2.75, 3.05) is 11.4 Å². The Morgan fingerprint density at radius 2 is 1.71 bits per heavy atom. The number of hydrogen-bond donors (Lipinski definition) is 0. The average Bonchev–Trinajstić information content (AvgIpc) is 3.07. The molecule has 6 nitrogen and oxygen atoms in total. The molecule has 148 valence electrons. The lowest BCUT2D eigenvalue weighted by Crippen LogP contribution is -2.42. The van der Waals surface area contributed by atoms with Gasteiger partial charge < -0.3 is 14.2 Å². The van der Waals surface area contributed by atoms with Gasteiger partial charge in [-0.05, 0) is 64.7 Å². The Kier molecular flexibility index (Phi) is 4.21. The first kappa shape index (κ1) is 19.1. The second-order valence-electron chi connectivity index (χ2n) is 8.60. The molecular weight excluding hydrogens is 360 g/mol. The number of rotatable bonds is 2. The van der Waals surface area contributed by atoms with Crippen molar-refractivity contribution in [2.45, 2.75) is 59.3 Å². The van der Waals surface area contributed by atoms with Crippen molar-refractivity contribution in [3.8, 4) is 0 Å². The van der Waals surface area contributed by atoms with Crippen molar-refractivity contribution in [2.24, 2.45) is 0 Å². The molecule has 2 aliphatic rings. The van der Waals surface area contributed by atoms with Gasteiger partial charge in [0.15, 0.2) is 0 Å². The summed E-state index contributed by atoms with van der Waals surface area (Å²) in [7, 11) is -0.644. The normalized spacial score (nSPS) is 20.6. The molecular formula is C20H25BFN3O3. The van der Waals surface area contributed by atoms with Crippen LogP contribution < -0.4 is 10.4 Å². The third kappa shape index (κ3) is 2.78. The monoisotopic (exact) mass is 385 g/mol. The summed E-state index contributed by atoms with van der Waals surface area (Å²) < 4.78 is 28.9. The summed E-state index contributed by atoms with van der Waals surface area (Å²) in [5.41, 5.74) is 2.04. The summed E-state index contributed by atoms with van der Waals surface area (Å²) in [5.74, 6) is -0.697. The standard InChI is InChI=1S/C20H25BFN3O3/c1-12-9-16(24-7-8-25-17(18(24)26)13(2)11-23-25)15(22)10-14(12)21-27-19(3,4)20(5,6)28-21/h9-11H,7-8H2,1-6H3. The van der Waals surface area contributed by atoms with E-state index in [1.807, 2.05) is 41.5 Å². The van der Waals surface area contributed by atoms with Crippen LogP contribution in [0.3, 0.4) is 0 Å². The van der Waals surface area contributed by atoms with Crippen LogP contribution in [0, 0.1) is 19.7 Å². The minimum atomic E-state index is -0.644. The number of carbonyl (C=O) groups is 1. The second-order valence-corrected chi connectivity index (χ2v) is 8.60. The molecule has 1 amide bonds. The number of fused-ring (bicyclic) bond motifs is 1. The van der Waals surface area contributed by atoms with Crippen molar-refractivity contribution in [1.29, 1.82) is 0 Å². The lowest BCUT2D eigenvalue weighted by molar-refractivity contribution is 0.00578. The van der Waals surface area contributed by atoms with Crippen LogP contribution in [0.1, 0.15) is 49.3 Å². The molecule has 0 aliphatic carbocycles. The minimum absolute atomic E-state index is 0.233. The van der Waals surface area contributed by atoms with Crippen molar-refractivity contribution < 1.29 is 18.5 Å². The third-order valence-corrected chi connectivity index (χ3v) is 6.14. The summed E-state index contributed by atoms with van der Waals surface area (Å²) >= 11 is 0. The van der Waals surface area contributed by atoms with Crippen molar-refractivity contribution in [3.63, 3.8) is 0 Å². The SMILES string of the molecule is Cc1cc(N2CCn3ncc(C)c3C2=O)c(F)cc1B1OC(C)(C)C(C)(C)O1. The predicted molar refractivity (Wildman–Crippen MR) is 105 cm³/mol. The number of halogens is 1. The fraction of sp³-hybridized carbons (Fsp3) is 0.500. The Hall–Kier alpha value is -2.19. The van der Waals surface area contributed by atoms with E-state index in [0.717, 1.165) is 11.1 Å². The number of amides is 1. The molecule has 0 N–H and O–H groups in total. The Bertz CT molecular complexity index is 954. The highest BCUT2D eigenvalue weighted by Crippen LogP contribution is 2.37. The first-order chi connectivity index (χ1) is 13.0. The van der Waals surface area contributed by atoms with Crippen LogP contribution in [0.15, 0.2) is 18.3 Å². The molecule has 2 aliphatic heterocycles. The Morgan fingerprint density at radius 3 is 2.36 bits per heavy atom. The predicted octanol–water partition coefficient (Wildman–Crippen LogP) is 2.60. The maximum absolute atomic E-state index is 15.1. The Morgan fingerprint density at radius 1 is 1.07 bits per heavy atom.